The lowest BCUT2D eigenvalue weighted by molar-refractivity contribution is 0.0988. The van der Waals surface area contributed by atoms with E-state index in [1.165, 1.54) is 4.57 Å². The van der Waals surface area contributed by atoms with Gasteiger partial charge in [-0.2, -0.15) is 0 Å². The van der Waals surface area contributed by atoms with E-state index in [1.807, 2.05) is 38.1 Å². The monoisotopic (exact) mass is 310 g/mol. The van der Waals surface area contributed by atoms with Gasteiger partial charge in [-0.15, -0.1) is 0 Å². The van der Waals surface area contributed by atoms with E-state index >= 15 is 0 Å². The second-order valence-electron chi connectivity index (χ2n) is 5.50. The summed E-state index contributed by atoms with van der Waals surface area (Å²) in [4.78, 5) is 26.1. The van der Waals surface area contributed by atoms with E-state index in [9.17, 15) is 9.59 Å². The predicted octanol–water partition coefficient (Wildman–Crippen LogP) is 3.11. The molecular weight excluding hydrogens is 292 g/mol. The molecule has 0 saturated carbocycles. The Balaban J connectivity index is 2.04. The standard InChI is InChI=1S/C18H18N2O3/c1-4-20(14-7-5-6-12(2)10-14)17(21)13-8-9-16-15(11-13)19(3)18(22)23-16/h5-11H,4H2,1-3H3. The molecule has 5 heteroatoms. The minimum atomic E-state index is -0.435. The molecule has 1 amide bonds. The van der Waals surface area contributed by atoms with E-state index in [0.717, 1.165) is 11.3 Å². The van der Waals surface area contributed by atoms with Gasteiger partial charge in [-0.25, -0.2) is 4.79 Å². The van der Waals surface area contributed by atoms with Gasteiger partial charge < -0.3 is 9.32 Å². The zero-order valence-corrected chi connectivity index (χ0v) is 13.4. The van der Waals surface area contributed by atoms with Gasteiger partial charge in [0.2, 0.25) is 0 Å². The van der Waals surface area contributed by atoms with E-state index in [2.05, 4.69) is 0 Å². The molecule has 23 heavy (non-hydrogen) atoms. The number of nitrogens with zero attached hydrogens (tertiary/aromatic N) is 2. The van der Waals surface area contributed by atoms with Crippen LogP contribution >= 0.6 is 0 Å². The Labute approximate surface area is 133 Å². The van der Waals surface area contributed by atoms with Crippen LogP contribution in [0.25, 0.3) is 11.1 Å². The Morgan fingerprint density at radius 1 is 1.22 bits per heavy atom. The third-order valence-electron chi connectivity index (χ3n) is 3.91. The molecule has 0 unspecified atom stereocenters. The molecule has 0 aliphatic carbocycles. The quantitative estimate of drug-likeness (QED) is 0.747. The minimum absolute atomic E-state index is 0.103. The number of hydrogen-bond donors (Lipinski definition) is 0. The van der Waals surface area contributed by atoms with Crippen LogP contribution in [0.3, 0.4) is 0 Å². The smallest absolute Gasteiger partial charge is 0.408 e. The topological polar surface area (TPSA) is 55.5 Å². The Bertz CT molecular complexity index is 937. The molecule has 5 nitrogen and oxygen atoms in total. The first-order chi connectivity index (χ1) is 11.0. The van der Waals surface area contributed by atoms with Crippen molar-refractivity contribution in [1.82, 2.24) is 4.57 Å². The van der Waals surface area contributed by atoms with E-state index in [1.54, 1.807) is 30.1 Å². The van der Waals surface area contributed by atoms with Crippen molar-refractivity contribution < 1.29 is 9.21 Å². The Morgan fingerprint density at radius 3 is 2.70 bits per heavy atom. The van der Waals surface area contributed by atoms with E-state index in [-0.39, 0.29) is 5.91 Å². The van der Waals surface area contributed by atoms with Gasteiger partial charge in [0.05, 0.1) is 5.52 Å². The second-order valence-corrected chi connectivity index (χ2v) is 5.50. The zero-order valence-electron chi connectivity index (χ0n) is 13.4. The summed E-state index contributed by atoms with van der Waals surface area (Å²) in [7, 11) is 1.63. The maximum absolute atomic E-state index is 12.9. The van der Waals surface area contributed by atoms with Gasteiger partial charge in [-0.3, -0.25) is 9.36 Å². The van der Waals surface area contributed by atoms with Crippen molar-refractivity contribution in [3.05, 3.63) is 64.1 Å². The highest BCUT2D eigenvalue weighted by Crippen LogP contribution is 2.21. The summed E-state index contributed by atoms with van der Waals surface area (Å²) in [6.07, 6.45) is 0. The number of amides is 1. The second kappa shape index (κ2) is 5.76. The summed E-state index contributed by atoms with van der Waals surface area (Å²) < 4.78 is 6.50. The summed E-state index contributed by atoms with van der Waals surface area (Å²) in [6.45, 7) is 4.49. The van der Waals surface area contributed by atoms with Crippen LogP contribution in [-0.2, 0) is 7.05 Å². The average molecular weight is 310 g/mol. The van der Waals surface area contributed by atoms with Crippen LogP contribution in [0.5, 0.6) is 0 Å². The lowest BCUT2D eigenvalue weighted by Gasteiger charge is -2.21. The molecule has 0 saturated heterocycles. The van der Waals surface area contributed by atoms with E-state index < -0.39 is 5.76 Å². The molecule has 0 bridgehead atoms. The van der Waals surface area contributed by atoms with Crippen LogP contribution < -0.4 is 10.7 Å². The highest BCUT2D eigenvalue weighted by Gasteiger charge is 2.18. The molecule has 0 fully saturated rings. The molecular formula is C18H18N2O3. The molecule has 0 aliphatic heterocycles. The number of oxazole rings is 1. The normalized spacial score (nSPS) is 10.9. The fourth-order valence-corrected chi connectivity index (χ4v) is 2.65. The third kappa shape index (κ3) is 2.65. The van der Waals surface area contributed by atoms with Crippen LogP contribution in [-0.4, -0.2) is 17.0 Å². The molecule has 0 aliphatic rings. The molecule has 0 radical (unpaired) electrons. The van der Waals surface area contributed by atoms with Crippen LogP contribution in [0.4, 0.5) is 5.69 Å². The number of aryl methyl sites for hydroxylation is 2. The molecule has 3 aromatic rings. The predicted molar refractivity (Wildman–Crippen MR) is 90.0 cm³/mol. The number of carbonyl (C=O) groups is 1. The molecule has 1 heterocycles. The summed E-state index contributed by atoms with van der Waals surface area (Å²) in [5.74, 6) is -0.538. The van der Waals surface area contributed by atoms with Crippen molar-refractivity contribution in [3.63, 3.8) is 0 Å². The van der Waals surface area contributed by atoms with Crippen molar-refractivity contribution in [2.45, 2.75) is 13.8 Å². The molecule has 0 N–H and O–H groups in total. The van der Waals surface area contributed by atoms with Crippen LogP contribution in [0.15, 0.2) is 51.7 Å². The summed E-state index contributed by atoms with van der Waals surface area (Å²) in [6, 6.07) is 12.9. The molecule has 3 rings (SSSR count). The molecule has 1 aromatic heterocycles. The van der Waals surface area contributed by atoms with Gasteiger partial charge in [-0.05, 0) is 49.7 Å². The van der Waals surface area contributed by atoms with Crippen LogP contribution in [0.1, 0.15) is 22.8 Å². The Hall–Kier alpha value is -2.82. The van der Waals surface area contributed by atoms with Gasteiger partial charge in [0.1, 0.15) is 0 Å². The summed E-state index contributed by atoms with van der Waals surface area (Å²) in [5.41, 5.74) is 3.58. The number of hydrogen-bond acceptors (Lipinski definition) is 3. The third-order valence-corrected chi connectivity index (χ3v) is 3.91. The fraction of sp³-hybridized carbons (Fsp3) is 0.222. The van der Waals surface area contributed by atoms with Crippen molar-refractivity contribution in [2.24, 2.45) is 7.05 Å². The van der Waals surface area contributed by atoms with E-state index in [0.29, 0.717) is 23.2 Å². The minimum Gasteiger partial charge on any atom is -0.408 e. The van der Waals surface area contributed by atoms with Crippen LogP contribution in [0.2, 0.25) is 0 Å². The van der Waals surface area contributed by atoms with Gasteiger partial charge in [0.25, 0.3) is 5.91 Å². The molecule has 0 spiro atoms. The largest absolute Gasteiger partial charge is 0.419 e. The lowest BCUT2D eigenvalue weighted by Crippen LogP contribution is -2.30. The number of anilines is 1. The van der Waals surface area contributed by atoms with Crippen molar-refractivity contribution >= 4 is 22.7 Å². The first-order valence-corrected chi connectivity index (χ1v) is 7.49. The first kappa shape index (κ1) is 15.1. The van der Waals surface area contributed by atoms with E-state index in [4.69, 9.17) is 4.42 Å². The van der Waals surface area contributed by atoms with Gasteiger partial charge in [0.15, 0.2) is 5.58 Å². The number of carbonyl (C=O) groups excluding carboxylic acids is 1. The van der Waals surface area contributed by atoms with Gasteiger partial charge >= 0.3 is 5.76 Å². The Kier molecular flexibility index (Phi) is 3.78. The van der Waals surface area contributed by atoms with Gasteiger partial charge in [-0.1, -0.05) is 12.1 Å². The molecule has 118 valence electrons. The van der Waals surface area contributed by atoms with Crippen molar-refractivity contribution in [2.75, 3.05) is 11.4 Å². The Morgan fingerprint density at radius 2 is 2.00 bits per heavy atom. The van der Waals surface area contributed by atoms with Gasteiger partial charge in [0, 0.05) is 24.8 Å². The zero-order chi connectivity index (χ0) is 16.6. The van der Waals surface area contributed by atoms with Crippen molar-refractivity contribution in [1.29, 1.82) is 0 Å². The summed E-state index contributed by atoms with van der Waals surface area (Å²) in [5, 5.41) is 0. The van der Waals surface area contributed by atoms with Crippen molar-refractivity contribution in [3.8, 4) is 0 Å². The number of rotatable bonds is 3. The average Bonchev–Trinajstić information content (AvgIpc) is 2.82. The molecule has 0 atom stereocenters. The summed E-state index contributed by atoms with van der Waals surface area (Å²) >= 11 is 0. The lowest BCUT2D eigenvalue weighted by atomic mass is 10.1. The maximum Gasteiger partial charge on any atom is 0.419 e. The highest BCUT2D eigenvalue weighted by molar-refractivity contribution is 6.07. The number of fused-ring (bicyclic) bond motifs is 1. The number of aromatic nitrogens is 1. The maximum atomic E-state index is 12.9. The SMILES string of the molecule is CCN(C(=O)c1ccc2oc(=O)n(C)c2c1)c1cccc(C)c1. The van der Waals surface area contributed by atoms with Crippen LogP contribution in [0, 0.1) is 6.92 Å². The fourth-order valence-electron chi connectivity index (χ4n) is 2.65. The molecule has 2 aromatic carbocycles. The highest BCUT2D eigenvalue weighted by atomic mass is 16.4. The first-order valence-electron chi connectivity index (χ1n) is 7.49. The number of benzene rings is 2.